The lowest BCUT2D eigenvalue weighted by Gasteiger charge is -2.42. The third-order valence-corrected chi connectivity index (χ3v) is 12.5. The normalized spacial score (nSPS) is 13.2. The monoisotopic (exact) mass is 718 g/mol. The molecule has 0 fully saturated rings. The summed E-state index contributed by atoms with van der Waals surface area (Å²) in [7, 11) is 0. The van der Waals surface area contributed by atoms with Crippen LogP contribution < -0.4 is 9.80 Å². The van der Waals surface area contributed by atoms with Gasteiger partial charge in [-0.15, -0.1) is 22.7 Å². The van der Waals surface area contributed by atoms with Gasteiger partial charge in [0.15, 0.2) is 0 Å². The molecule has 0 amide bonds. The van der Waals surface area contributed by atoms with Gasteiger partial charge in [0.05, 0.1) is 31.8 Å². The quantitative estimate of drug-likeness (QED) is 0.171. The molecule has 4 nitrogen and oxygen atoms in total. The lowest BCUT2D eigenvalue weighted by Crippen LogP contribution is -2.30. The molecule has 0 unspecified atom stereocenters. The van der Waals surface area contributed by atoms with Gasteiger partial charge in [-0.1, -0.05) is 74.5 Å². The minimum absolute atomic E-state index is 0.198. The van der Waals surface area contributed by atoms with E-state index in [1.54, 1.807) is 22.7 Å². The van der Waals surface area contributed by atoms with Crippen LogP contribution in [0.5, 0.6) is 0 Å². The number of para-hydroxylation sites is 4. The van der Waals surface area contributed by atoms with Crippen molar-refractivity contribution in [2.45, 2.75) is 19.3 Å². The topological polar surface area (TPSA) is 32.3 Å². The summed E-state index contributed by atoms with van der Waals surface area (Å²) >= 11 is 3.48. The second-order valence-corrected chi connectivity index (χ2v) is 16.0. The van der Waals surface area contributed by atoms with E-state index in [-0.39, 0.29) is 5.41 Å². The largest absolute Gasteiger partial charge is 0.311 e. The zero-order valence-corrected chi connectivity index (χ0v) is 30.9. The molecule has 0 saturated heterocycles. The molecule has 0 spiro atoms. The molecule has 0 radical (unpaired) electrons. The van der Waals surface area contributed by atoms with Crippen molar-refractivity contribution in [2.24, 2.45) is 0 Å². The van der Waals surface area contributed by atoms with Crippen molar-refractivity contribution in [3.63, 3.8) is 0 Å². The van der Waals surface area contributed by atoms with Gasteiger partial charge in [-0.25, -0.2) is 9.97 Å². The zero-order chi connectivity index (χ0) is 35.5. The number of benzene rings is 7. The summed E-state index contributed by atoms with van der Waals surface area (Å²) < 4.78 is 2.41. The molecule has 1 aliphatic rings. The maximum absolute atomic E-state index is 5.00. The highest BCUT2D eigenvalue weighted by molar-refractivity contribution is 7.22. The van der Waals surface area contributed by atoms with Crippen molar-refractivity contribution in [3.8, 4) is 21.1 Å². The van der Waals surface area contributed by atoms with Gasteiger partial charge >= 0.3 is 0 Å². The molecule has 0 aliphatic carbocycles. The summed E-state index contributed by atoms with van der Waals surface area (Å²) in [6, 6.07) is 60.7. The van der Waals surface area contributed by atoms with Crippen LogP contribution in [0.4, 0.5) is 34.1 Å². The standard InChI is InChI=1S/C47H34N4S2/c1-47(2)37-14-6-9-17-41(37)51(42-29-22-32(30-38(42)47)46-49-40-16-8-11-19-44(40)53-46)36-27-25-35(26-28-36)50(33-12-4-3-5-13-33)34-23-20-31(21-24-34)45-48-39-15-7-10-18-43(39)52-45/h3-30H,1-2H3. The summed E-state index contributed by atoms with van der Waals surface area (Å²) in [4.78, 5) is 14.6. The van der Waals surface area contributed by atoms with Crippen molar-refractivity contribution in [3.05, 3.63) is 181 Å². The number of thiazole rings is 2. The molecule has 53 heavy (non-hydrogen) atoms. The van der Waals surface area contributed by atoms with E-state index in [9.17, 15) is 0 Å². The molecule has 0 saturated carbocycles. The van der Waals surface area contributed by atoms with Gasteiger partial charge in [0, 0.05) is 39.3 Å². The smallest absolute Gasteiger partial charge is 0.124 e. The molecule has 254 valence electrons. The summed E-state index contributed by atoms with van der Waals surface area (Å²) in [5.41, 5.74) is 13.5. The van der Waals surface area contributed by atoms with E-state index in [1.807, 2.05) is 6.07 Å². The van der Waals surface area contributed by atoms with Gasteiger partial charge in [0.2, 0.25) is 0 Å². The molecule has 2 aromatic heterocycles. The number of fused-ring (bicyclic) bond motifs is 4. The SMILES string of the molecule is CC1(C)c2ccccc2N(c2ccc(N(c3ccccc3)c3ccc(-c4nc5ccccc5s4)cc3)cc2)c2ccc(-c3nc4ccccc4s3)cc21. The summed E-state index contributed by atoms with van der Waals surface area (Å²) in [6.45, 7) is 4.68. The highest BCUT2D eigenvalue weighted by Gasteiger charge is 2.37. The van der Waals surface area contributed by atoms with Crippen LogP contribution in [-0.2, 0) is 5.41 Å². The molecule has 0 bridgehead atoms. The van der Waals surface area contributed by atoms with E-state index in [1.165, 1.54) is 31.9 Å². The molecular weight excluding hydrogens is 685 g/mol. The van der Waals surface area contributed by atoms with Crippen molar-refractivity contribution < 1.29 is 0 Å². The Bertz CT molecular complexity index is 2700. The van der Waals surface area contributed by atoms with E-state index < -0.39 is 0 Å². The third-order valence-electron chi connectivity index (χ3n) is 10.3. The molecule has 0 atom stereocenters. The molecule has 1 aliphatic heterocycles. The number of rotatable bonds is 6. The Hall–Kier alpha value is -6.08. The zero-order valence-electron chi connectivity index (χ0n) is 29.3. The molecular formula is C47H34N4S2. The van der Waals surface area contributed by atoms with Crippen LogP contribution in [0, 0.1) is 0 Å². The van der Waals surface area contributed by atoms with Crippen LogP contribution in [0.1, 0.15) is 25.0 Å². The summed E-state index contributed by atoms with van der Waals surface area (Å²) in [6.07, 6.45) is 0. The Balaban J connectivity index is 1.04. The van der Waals surface area contributed by atoms with E-state index >= 15 is 0 Å². The maximum atomic E-state index is 5.00. The molecule has 3 heterocycles. The van der Waals surface area contributed by atoms with Crippen molar-refractivity contribution in [2.75, 3.05) is 9.80 Å². The fraction of sp³-hybridized carbons (Fsp3) is 0.0638. The van der Waals surface area contributed by atoms with Gasteiger partial charge in [0.1, 0.15) is 10.0 Å². The van der Waals surface area contributed by atoms with E-state index in [4.69, 9.17) is 9.97 Å². The fourth-order valence-corrected chi connectivity index (χ4v) is 9.57. The highest BCUT2D eigenvalue weighted by Crippen LogP contribution is 2.53. The predicted molar refractivity (Wildman–Crippen MR) is 225 cm³/mol. The first kappa shape index (κ1) is 31.6. The summed E-state index contributed by atoms with van der Waals surface area (Å²) in [5.74, 6) is 0. The van der Waals surface area contributed by atoms with E-state index in [0.717, 1.165) is 54.9 Å². The van der Waals surface area contributed by atoms with Crippen LogP contribution in [0.15, 0.2) is 170 Å². The molecule has 10 rings (SSSR count). The predicted octanol–water partition coefficient (Wildman–Crippen LogP) is 13.8. The minimum atomic E-state index is -0.198. The lowest BCUT2D eigenvalue weighted by atomic mass is 9.73. The fourth-order valence-electron chi connectivity index (χ4n) is 7.63. The summed E-state index contributed by atoms with van der Waals surface area (Å²) in [5, 5.41) is 2.08. The number of nitrogens with zero attached hydrogens (tertiary/aromatic N) is 4. The second-order valence-electron chi connectivity index (χ2n) is 13.9. The van der Waals surface area contributed by atoms with Crippen LogP contribution in [0.2, 0.25) is 0 Å². The number of aromatic nitrogens is 2. The van der Waals surface area contributed by atoms with Crippen LogP contribution in [0.25, 0.3) is 41.6 Å². The highest BCUT2D eigenvalue weighted by atomic mass is 32.1. The maximum Gasteiger partial charge on any atom is 0.124 e. The second kappa shape index (κ2) is 12.6. The average molecular weight is 719 g/mol. The third kappa shape index (κ3) is 5.41. The van der Waals surface area contributed by atoms with Gasteiger partial charge in [-0.3, -0.25) is 0 Å². The van der Waals surface area contributed by atoms with Crippen molar-refractivity contribution in [1.82, 2.24) is 9.97 Å². The molecule has 7 aromatic carbocycles. The number of anilines is 6. The van der Waals surface area contributed by atoms with Crippen molar-refractivity contribution in [1.29, 1.82) is 0 Å². The van der Waals surface area contributed by atoms with E-state index in [2.05, 4.69) is 187 Å². The number of hydrogen-bond acceptors (Lipinski definition) is 6. The van der Waals surface area contributed by atoms with Crippen LogP contribution in [0.3, 0.4) is 0 Å². The average Bonchev–Trinajstić information content (AvgIpc) is 3.85. The Morgan fingerprint density at radius 1 is 0.472 bits per heavy atom. The van der Waals surface area contributed by atoms with Gasteiger partial charge < -0.3 is 9.80 Å². The van der Waals surface area contributed by atoms with Crippen LogP contribution in [-0.4, -0.2) is 9.97 Å². The molecule has 6 heteroatoms. The number of hydrogen-bond donors (Lipinski definition) is 0. The Kier molecular flexibility index (Phi) is 7.49. The van der Waals surface area contributed by atoms with E-state index in [0.29, 0.717) is 0 Å². The Morgan fingerprint density at radius 2 is 0.981 bits per heavy atom. The van der Waals surface area contributed by atoms with Crippen molar-refractivity contribution >= 4 is 77.2 Å². The van der Waals surface area contributed by atoms with Gasteiger partial charge in [-0.05, 0) is 120 Å². The first-order valence-corrected chi connectivity index (χ1v) is 19.5. The van der Waals surface area contributed by atoms with Crippen LogP contribution >= 0.6 is 22.7 Å². The molecule has 9 aromatic rings. The molecule has 0 N–H and O–H groups in total. The van der Waals surface area contributed by atoms with Gasteiger partial charge in [0.25, 0.3) is 0 Å². The van der Waals surface area contributed by atoms with Gasteiger partial charge in [-0.2, -0.15) is 0 Å². The Morgan fingerprint density at radius 3 is 1.64 bits per heavy atom. The lowest BCUT2D eigenvalue weighted by molar-refractivity contribution is 0.632. The first-order valence-electron chi connectivity index (χ1n) is 17.8. The minimum Gasteiger partial charge on any atom is -0.311 e. The Labute approximate surface area is 316 Å². The first-order chi connectivity index (χ1) is 26.0.